The molecule has 13 heavy (non-hydrogen) atoms. The zero-order valence-electron chi connectivity index (χ0n) is 8.08. The molecular formula is C12H17N. The molecule has 3 fully saturated rings. The largest absolute Gasteiger partial charge is 0.198 e. The van der Waals surface area contributed by atoms with Gasteiger partial charge in [-0.2, -0.15) is 5.26 Å². The molecule has 0 aromatic rings. The first-order chi connectivity index (χ1) is 6.40. The van der Waals surface area contributed by atoms with Gasteiger partial charge in [0.25, 0.3) is 0 Å². The third-order valence-electron chi connectivity index (χ3n) is 4.92. The first-order valence-electron chi connectivity index (χ1n) is 5.77. The van der Waals surface area contributed by atoms with Gasteiger partial charge < -0.3 is 0 Å². The molecule has 0 saturated heterocycles. The van der Waals surface area contributed by atoms with E-state index in [2.05, 4.69) is 6.07 Å². The molecule has 70 valence electrons. The molecule has 3 aliphatic carbocycles. The van der Waals surface area contributed by atoms with Crippen LogP contribution in [0.25, 0.3) is 0 Å². The highest BCUT2D eigenvalue weighted by atomic mass is 14.6. The zero-order chi connectivity index (χ0) is 8.84. The lowest BCUT2D eigenvalue weighted by atomic mass is 9.75. The fourth-order valence-corrected chi connectivity index (χ4v) is 4.56. The summed E-state index contributed by atoms with van der Waals surface area (Å²) in [4.78, 5) is 0. The van der Waals surface area contributed by atoms with Crippen molar-refractivity contribution in [1.29, 1.82) is 5.26 Å². The highest BCUT2D eigenvalue weighted by Gasteiger charge is 2.53. The predicted molar refractivity (Wildman–Crippen MR) is 50.8 cm³/mol. The molecule has 1 nitrogen and oxygen atoms in total. The Morgan fingerprint density at radius 2 is 1.92 bits per heavy atom. The Morgan fingerprint density at radius 1 is 1.08 bits per heavy atom. The van der Waals surface area contributed by atoms with Crippen LogP contribution in [-0.2, 0) is 0 Å². The van der Waals surface area contributed by atoms with Crippen molar-refractivity contribution >= 4 is 0 Å². The molecule has 0 radical (unpaired) electrons. The van der Waals surface area contributed by atoms with Crippen LogP contribution in [0.1, 0.15) is 38.5 Å². The summed E-state index contributed by atoms with van der Waals surface area (Å²) in [5.74, 6) is 4.89. The second kappa shape index (κ2) is 2.74. The Hall–Kier alpha value is -0.510. The van der Waals surface area contributed by atoms with Gasteiger partial charge in [-0.05, 0) is 55.3 Å². The van der Waals surface area contributed by atoms with E-state index in [0.717, 1.165) is 36.0 Å². The van der Waals surface area contributed by atoms with E-state index < -0.39 is 0 Å². The van der Waals surface area contributed by atoms with Gasteiger partial charge in [0.05, 0.1) is 6.07 Å². The van der Waals surface area contributed by atoms with Gasteiger partial charge in [-0.1, -0.05) is 6.42 Å². The van der Waals surface area contributed by atoms with E-state index in [1.165, 1.54) is 32.1 Å². The van der Waals surface area contributed by atoms with E-state index in [9.17, 15) is 0 Å². The van der Waals surface area contributed by atoms with E-state index in [4.69, 9.17) is 5.26 Å². The van der Waals surface area contributed by atoms with Crippen LogP contribution in [0, 0.1) is 40.9 Å². The number of nitrogens with zero attached hydrogens (tertiary/aromatic N) is 1. The molecular weight excluding hydrogens is 158 g/mol. The highest BCUT2D eigenvalue weighted by Crippen LogP contribution is 2.61. The lowest BCUT2D eigenvalue weighted by Gasteiger charge is -2.30. The molecule has 3 aliphatic rings. The Kier molecular flexibility index (Phi) is 1.65. The summed E-state index contributed by atoms with van der Waals surface area (Å²) in [6.45, 7) is 0. The van der Waals surface area contributed by atoms with Crippen LogP contribution in [0.3, 0.4) is 0 Å². The van der Waals surface area contributed by atoms with Crippen molar-refractivity contribution in [2.45, 2.75) is 38.5 Å². The summed E-state index contributed by atoms with van der Waals surface area (Å²) < 4.78 is 0. The lowest BCUT2D eigenvalue weighted by molar-refractivity contribution is 0.192. The van der Waals surface area contributed by atoms with E-state index in [1.807, 2.05) is 0 Å². The summed E-state index contributed by atoms with van der Waals surface area (Å²) in [6.07, 6.45) is 8.16. The van der Waals surface area contributed by atoms with E-state index >= 15 is 0 Å². The Bertz CT molecular complexity index is 252. The highest BCUT2D eigenvalue weighted by molar-refractivity contribution is 5.04. The van der Waals surface area contributed by atoms with E-state index in [0.29, 0.717) is 0 Å². The van der Waals surface area contributed by atoms with Gasteiger partial charge in [0, 0.05) is 6.42 Å². The molecule has 3 saturated carbocycles. The third kappa shape index (κ3) is 0.980. The number of nitriles is 1. The van der Waals surface area contributed by atoms with Crippen LogP contribution in [0.4, 0.5) is 0 Å². The van der Waals surface area contributed by atoms with E-state index in [1.54, 1.807) is 0 Å². The minimum Gasteiger partial charge on any atom is -0.198 e. The van der Waals surface area contributed by atoms with Crippen LogP contribution in [-0.4, -0.2) is 0 Å². The minimum absolute atomic E-state index is 0.786. The zero-order valence-corrected chi connectivity index (χ0v) is 8.08. The maximum Gasteiger partial charge on any atom is 0.0624 e. The molecule has 0 heterocycles. The van der Waals surface area contributed by atoms with Gasteiger partial charge in [0.1, 0.15) is 0 Å². The van der Waals surface area contributed by atoms with Crippen molar-refractivity contribution in [3.63, 3.8) is 0 Å². The summed E-state index contributed by atoms with van der Waals surface area (Å²) >= 11 is 0. The van der Waals surface area contributed by atoms with Crippen LogP contribution in [0.5, 0.6) is 0 Å². The monoisotopic (exact) mass is 175 g/mol. The second-order valence-corrected chi connectivity index (χ2v) is 5.28. The third-order valence-corrected chi connectivity index (χ3v) is 4.92. The first-order valence-corrected chi connectivity index (χ1v) is 5.77. The van der Waals surface area contributed by atoms with Crippen LogP contribution in [0.2, 0.25) is 0 Å². The Labute approximate surface area is 80.1 Å². The van der Waals surface area contributed by atoms with Gasteiger partial charge in [0.15, 0.2) is 0 Å². The average molecular weight is 175 g/mol. The molecule has 0 N–H and O–H groups in total. The van der Waals surface area contributed by atoms with Crippen molar-refractivity contribution in [2.75, 3.05) is 0 Å². The SMILES string of the molecule is N#CC[C@@H]1C[C@@H]2C[C@H]1[C@@H]1CCC[C@H]21. The van der Waals surface area contributed by atoms with Crippen LogP contribution < -0.4 is 0 Å². The van der Waals surface area contributed by atoms with Gasteiger partial charge in [0.2, 0.25) is 0 Å². The van der Waals surface area contributed by atoms with Crippen molar-refractivity contribution < 1.29 is 0 Å². The molecule has 0 spiro atoms. The molecule has 3 rings (SSSR count). The van der Waals surface area contributed by atoms with Crippen molar-refractivity contribution in [2.24, 2.45) is 29.6 Å². The number of rotatable bonds is 1. The normalized spacial score (nSPS) is 52.1. The maximum atomic E-state index is 8.75. The second-order valence-electron chi connectivity index (χ2n) is 5.28. The summed E-state index contributed by atoms with van der Waals surface area (Å²) in [5, 5.41) is 8.75. The summed E-state index contributed by atoms with van der Waals surface area (Å²) in [5.41, 5.74) is 0. The Morgan fingerprint density at radius 3 is 2.77 bits per heavy atom. The van der Waals surface area contributed by atoms with Gasteiger partial charge >= 0.3 is 0 Å². The lowest BCUT2D eigenvalue weighted by Crippen LogP contribution is -2.23. The summed E-state index contributed by atoms with van der Waals surface area (Å²) in [6, 6.07) is 2.37. The van der Waals surface area contributed by atoms with Crippen LogP contribution >= 0.6 is 0 Å². The van der Waals surface area contributed by atoms with E-state index in [-0.39, 0.29) is 0 Å². The molecule has 5 atom stereocenters. The van der Waals surface area contributed by atoms with Gasteiger partial charge in [-0.15, -0.1) is 0 Å². The molecule has 0 aliphatic heterocycles. The molecule has 0 unspecified atom stereocenters. The maximum absolute atomic E-state index is 8.75. The van der Waals surface area contributed by atoms with Crippen molar-refractivity contribution in [3.8, 4) is 6.07 Å². The average Bonchev–Trinajstić information content (AvgIpc) is 2.72. The number of hydrogen-bond donors (Lipinski definition) is 0. The topological polar surface area (TPSA) is 23.8 Å². The number of hydrogen-bond acceptors (Lipinski definition) is 1. The molecule has 2 bridgehead atoms. The molecule has 0 amide bonds. The Balaban J connectivity index is 1.79. The fraction of sp³-hybridized carbons (Fsp3) is 0.917. The predicted octanol–water partition coefficient (Wildman–Crippen LogP) is 2.97. The molecule has 0 aromatic carbocycles. The minimum atomic E-state index is 0.786. The van der Waals surface area contributed by atoms with Crippen molar-refractivity contribution in [1.82, 2.24) is 0 Å². The fourth-order valence-electron chi connectivity index (χ4n) is 4.56. The quantitative estimate of drug-likeness (QED) is 0.601. The summed E-state index contributed by atoms with van der Waals surface area (Å²) in [7, 11) is 0. The smallest absolute Gasteiger partial charge is 0.0624 e. The molecule has 1 heteroatoms. The van der Waals surface area contributed by atoms with Gasteiger partial charge in [-0.3, -0.25) is 0 Å². The molecule has 0 aromatic heterocycles. The number of fused-ring (bicyclic) bond motifs is 5. The first kappa shape index (κ1) is 7.85. The van der Waals surface area contributed by atoms with Crippen LogP contribution in [0.15, 0.2) is 0 Å². The van der Waals surface area contributed by atoms with Gasteiger partial charge in [-0.25, -0.2) is 0 Å². The van der Waals surface area contributed by atoms with Crippen molar-refractivity contribution in [3.05, 3.63) is 0 Å². The standard InChI is InChI=1S/C12H17N/c13-5-4-8-6-9-7-12(8)11-3-1-2-10(9)11/h8-12H,1-4,6-7H2/t8-,9-,10-,11-,12-/m1/s1.